The molecule has 1 N–H and O–H groups in total. The van der Waals surface area contributed by atoms with Gasteiger partial charge in [0.25, 0.3) is 0 Å². The average Bonchev–Trinajstić information content (AvgIpc) is 2.28. The second kappa shape index (κ2) is 4.91. The van der Waals surface area contributed by atoms with E-state index in [-0.39, 0.29) is 0 Å². The Morgan fingerprint density at radius 2 is 1.61 bits per heavy atom. The third-order valence-electron chi connectivity index (χ3n) is 3.14. The standard InChI is InChI=1S/C16H19NO/c1-12-8-13(2)10-15(9-12)16(3,18)11-14-4-6-17-7-5-14/h4-10,18H,11H2,1-3H3. The lowest BCUT2D eigenvalue weighted by molar-refractivity contribution is 0.0575. The number of aromatic nitrogens is 1. The largest absolute Gasteiger partial charge is 0.385 e. The van der Waals surface area contributed by atoms with E-state index in [1.165, 1.54) is 11.1 Å². The molecule has 1 unspecified atom stereocenters. The molecule has 2 aromatic rings. The molecule has 2 rings (SSSR count). The summed E-state index contributed by atoms with van der Waals surface area (Å²) in [6, 6.07) is 10.1. The van der Waals surface area contributed by atoms with Gasteiger partial charge < -0.3 is 5.11 Å². The van der Waals surface area contributed by atoms with Gasteiger partial charge in [0.1, 0.15) is 0 Å². The van der Waals surface area contributed by atoms with Gasteiger partial charge in [-0.2, -0.15) is 0 Å². The third kappa shape index (κ3) is 2.96. The molecular weight excluding hydrogens is 222 g/mol. The molecule has 1 aromatic carbocycles. The van der Waals surface area contributed by atoms with Crippen LogP contribution in [0, 0.1) is 13.8 Å². The predicted octanol–water partition coefficient (Wildman–Crippen LogP) is 3.15. The molecule has 2 nitrogen and oxygen atoms in total. The Bertz CT molecular complexity index is 512. The summed E-state index contributed by atoms with van der Waals surface area (Å²) in [5, 5.41) is 10.7. The van der Waals surface area contributed by atoms with Crippen molar-refractivity contribution in [3.05, 3.63) is 65.0 Å². The lowest BCUT2D eigenvalue weighted by Gasteiger charge is -2.25. The second-order valence-electron chi connectivity index (χ2n) is 5.18. The van der Waals surface area contributed by atoms with Crippen LogP contribution in [0.4, 0.5) is 0 Å². The van der Waals surface area contributed by atoms with Gasteiger partial charge in [-0.25, -0.2) is 0 Å². The Morgan fingerprint density at radius 1 is 1.06 bits per heavy atom. The Morgan fingerprint density at radius 3 is 2.17 bits per heavy atom. The van der Waals surface area contributed by atoms with Crippen molar-refractivity contribution >= 4 is 0 Å². The molecule has 1 atom stereocenters. The first-order chi connectivity index (χ1) is 8.47. The number of benzene rings is 1. The molecule has 0 aliphatic heterocycles. The fourth-order valence-corrected chi connectivity index (χ4v) is 2.29. The van der Waals surface area contributed by atoms with Gasteiger partial charge in [0.15, 0.2) is 0 Å². The maximum Gasteiger partial charge on any atom is 0.0908 e. The molecule has 0 amide bonds. The lowest BCUT2D eigenvalue weighted by atomic mass is 9.87. The van der Waals surface area contributed by atoms with Crippen LogP contribution in [0.5, 0.6) is 0 Å². The van der Waals surface area contributed by atoms with Gasteiger partial charge in [0, 0.05) is 18.8 Å². The van der Waals surface area contributed by atoms with Crippen molar-refractivity contribution in [2.75, 3.05) is 0 Å². The zero-order valence-electron chi connectivity index (χ0n) is 11.1. The summed E-state index contributed by atoms with van der Waals surface area (Å²) >= 11 is 0. The summed E-state index contributed by atoms with van der Waals surface area (Å²) in [5.41, 5.74) is 3.57. The van der Waals surface area contributed by atoms with Gasteiger partial charge in [-0.1, -0.05) is 29.3 Å². The van der Waals surface area contributed by atoms with Crippen molar-refractivity contribution < 1.29 is 5.11 Å². The summed E-state index contributed by atoms with van der Waals surface area (Å²) in [6.45, 7) is 5.97. The minimum absolute atomic E-state index is 0.596. The van der Waals surface area contributed by atoms with Crippen molar-refractivity contribution in [1.29, 1.82) is 0 Å². The first kappa shape index (κ1) is 12.8. The highest BCUT2D eigenvalue weighted by molar-refractivity contribution is 5.33. The number of nitrogens with zero attached hydrogens (tertiary/aromatic N) is 1. The Hall–Kier alpha value is -1.67. The number of hydrogen-bond acceptors (Lipinski definition) is 2. The molecule has 0 spiro atoms. The zero-order chi connectivity index (χ0) is 13.2. The Balaban J connectivity index is 2.30. The SMILES string of the molecule is Cc1cc(C)cc(C(C)(O)Cc2ccncc2)c1. The molecule has 0 aliphatic carbocycles. The van der Waals surface area contributed by atoms with Crippen LogP contribution in [0.1, 0.15) is 29.2 Å². The first-order valence-corrected chi connectivity index (χ1v) is 6.17. The Kier molecular flexibility index (Phi) is 3.48. The van der Waals surface area contributed by atoms with Crippen LogP contribution >= 0.6 is 0 Å². The van der Waals surface area contributed by atoms with Gasteiger partial charge in [-0.05, 0) is 44.0 Å². The van der Waals surface area contributed by atoms with Crippen LogP contribution in [-0.4, -0.2) is 10.1 Å². The fourth-order valence-electron chi connectivity index (χ4n) is 2.29. The van der Waals surface area contributed by atoms with E-state index in [9.17, 15) is 5.11 Å². The summed E-state index contributed by atoms with van der Waals surface area (Å²) in [6.07, 6.45) is 4.11. The van der Waals surface area contributed by atoms with Crippen molar-refractivity contribution in [2.45, 2.75) is 32.8 Å². The predicted molar refractivity (Wildman–Crippen MR) is 73.4 cm³/mol. The van der Waals surface area contributed by atoms with Gasteiger partial charge >= 0.3 is 0 Å². The number of hydrogen-bond donors (Lipinski definition) is 1. The molecule has 1 aromatic heterocycles. The first-order valence-electron chi connectivity index (χ1n) is 6.17. The molecule has 94 valence electrons. The molecule has 18 heavy (non-hydrogen) atoms. The summed E-state index contributed by atoms with van der Waals surface area (Å²) < 4.78 is 0. The van der Waals surface area contributed by atoms with Crippen molar-refractivity contribution in [3.8, 4) is 0 Å². The highest BCUT2D eigenvalue weighted by Gasteiger charge is 2.23. The van der Waals surface area contributed by atoms with Crippen LogP contribution in [0.25, 0.3) is 0 Å². The molecule has 0 bridgehead atoms. The molecule has 0 aliphatic rings. The van der Waals surface area contributed by atoms with E-state index in [0.717, 1.165) is 11.1 Å². The monoisotopic (exact) mass is 241 g/mol. The smallest absolute Gasteiger partial charge is 0.0908 e. The second-order valence-corrected chi connectivity index (χ2v) is 5.18. The summed E-state index contributed by atoms with van der Waals surface area (Å²) in [5.74, 6) is 0. The van der Waals surface area contributed by atoms with Gasteiger partial charge in [-0.15, -0.1) is 0 Å². The van der Waals surface area contributed by atoms with Gasteiger partial charge in [-0.3, -0.25) is 4.98 Å². The molecular formula is C16H19NO. The lowest BCUT2D eigenvalue weighted by Crippen LogP contribution is -2.24. The molecule has 0 fully saturated rings. The maximum atomic E-state index is 10.7. The van der Waals surface area contributed by atoms with E-state index < -0.39 is 5.60 Å². The topological polar surface area (TPSA) is 33.1 Å². The average molecular weight is 241 g/mol. The third-order valence-corrected chi connectivity index (χ3v) is 3.14. The number of pyridine rings is 1. The van der Waals surface area contributed by atoms with E-state index in [0.29, 0.717) is 6.42 Å². The normalized spacial score (nSPS) is 14.2. The van der Waals surface area contributed by atoms with E-state index in [1.54, 1.807) is 12.4 Å². The molecule has 0 radical (unpaired) electrons. The molecule has 1 heterocycles. The minimum Gasteiger partial charge on any atom is -0.385 e. The summed E-state index contributed by atoms with van der Waals surface area (Å²) in [7, 11) is 0. The number of aryl methyl sites for hydroxylation is 2. The number of rotatable bonds is 3. The van der Waals surface area contributed by atoms with E-state index in [1.807, 2.05) is 31.2 Å². The molecule has 0 saturated carbocycles. The fraction of sp³-hybridized carbons (Fsp3) is 0.312. The van der Waals surface area contributed by atoms with Crippen molar-refractivity contribution in [1.82, 2.24) is 4.98 Å². The van der Waals surface area contributed by atoms with Crippen LogP contribution in [0.15, 0.2) is 42.7 Å². The molecule has 0 saturated heterocycles. The minimum atomic E-state index is -0.849. The van der Waals surface area contributed by atoms with E-state index >= 15 is 0 Å². The highest BCUT2D eigenvalue weighted by Crippen LogP contribution is 2.26. The van der Waals surface area contributed by atoms with Crippen LogP contribution in [0.3, 0.4) is 0 Å². The van der Waals surface area contributed by atoms with E-state index in [4.69, 9.17) is 0 Å². The van der Waals surface area contributed by atoms with Crippen LogP contribution < -0.4 is 0 Å². The maximum absolute atomic E-state index is 10.7. The van der Waals surface area contributed by atoms with Gasteiger partial charge in [0.05, 0.1) is 5.60 Å². The quantitative estimate of drug-likeness (QED) is 0.895. The van der Waals surface area contributed by atoms with Crippen molar-refractivity contribution in [3.63, 3.8) is 0 Å². The number of aliphatic hydroxyl groups is 1. The van der Waals surface area contributed by atoms with Gasteiger partial charge in [0.2, 0.25) is 0 Å². The highest BCUT2D eigenvalue weighted by atomic mass is 16.3. The van der Waals surface area contributed by atoms with E-state index in [2.05, 4.69) is 24.9 Å². The molecule has 2 heteroatoms. The van der Waals surface area contributed by atoms with Crippen LogP contribution in [0.2, 0.25) is 0 Å². The van der Waals surface area contributed by atoms with Crippen LogP contribution in [-0.2, 0) is 12.0 Å². The zero-order valence-corrected chi connectivity index (χ0v) is 11.1. The summed E-state index contributed by atoms with van der Waals surface area (Å²) in [4.78, 5) is 3.99. The van der Waals surface area contributed by atoms with Crippen molar-refractivity contribution in [2.24, 2.45) is 0 Å². The Labute approximate surface area is 108 Å².